The highest BCUT2D eigenvalue weighted by Crippen LogP contribution is 2.25. The summed E-state index contributed by atoms with van der Waals surface area (Å²) < 4.78 is 34.2. The molecule has 10 nitrogen and oxygen atoms in total. The number of aromatic nitrogens is 2. The van der Waals surface area contributed by atoms with Crippen molar-refractivity contribution in [3.05, 3.63) is 66.4 Å². The van der Waals surface area contributed by atoms with Crippen molar-refractivity contribution in [2.24, 2.45) is 21.7 Å². The molecule has 1 fully saturated rings. The number of hydrogen-bond acceptors (Lipinski definition) is 6. The Kier molecular flexibility index (Phi) is 6.30. The van der Waals surface area contributed by atoms with Crippen molar-refractivity contribution >= 4 is 22.2 Å². The molecule has 1 aliphatic heterocycles. The fourth-order valence-electron chi connectivity index (χ4n) is 3.30. The maximum atomic E-state index is 12.9. The summed E-state index contributed by atoms with van der Waals surface area (Å²) in [6.07, 6.45) is 3.30. The van der Waals surface area contributed by atoms with Gasteiger partial charge < -0.3 is 16.2 Å². The minimum atomic E-state index is -3.58. The van der Waals surface area contributed by atoms with Gasteiger partial charge in [0, 0.05) is 30.4 Å². The van der Waals surface area contributed by atoms with Gasteiger partial charge in [-0.1, -0.05) is 30.3 Å². The summed E-state index contributed by atoms with van der Waals surface area (Å²) >= 11 is 0. The summed E-state index contributed by atoms with van der Waals surface area (Å²) in [6, 6.07) is 16.2. The summed E-state index contributed by atoms with van der Waals surface area (Å²) in [6.45, 7) is 1.48. The Morgan fingerprint density at radius 1 is 1.03 bits per heavy atom. The van der Waals surface area contributed by atoms with Crippen molar-refractivity contribution < 1.29 is 13.2 Å². The minimum Gasteiger partial charge on any atom is -0.379 e. The van der Waals surface area contributed by atoms with Crippen LogP contribution in [0.15, 0.2) is 75.9 Å². The molecule has 3 aromatic rings. The smallest absolute Gasteiger partial charge is 0.243 e. The van der Waals surface area contributed by atoms with E-state index in [0.29, 0.717) is 37.6 Å². The molecule has 166 valence electrons. The SMILES string of the molecule is NC(N)=N/N=C/c1cn(-c2ccccc2)nc1-c1ccc(S(=O)(=O)N2CCOCC2)cc1. The Bertz CT molecular complexity index is 1230. The molecule has 1 aromatic heterocycles. The number of guanidine groups is 1. The normalized spacial score (nSPS) is 15.1. The van der Waals surface area contributed by atoms with Crippen LogP contribution in [0.4, 0.5) is 0 Å². The summed E-state index contributed by atoms with van der Waals surface area (Å²) in [5.74, 6) is -0.157. The van der Waals surface area contributed by atoms with Crippen LogP contribution in [0.2, 0.25) is 0 Å². The molecule has 0 radical (unpaired) electrons. The van der Waals surface area contributed by atoms with Crippen LogP contribution in [0.3, 0.4) is 0 Å². The van der Waals surface area contributed by atoms with E-state index >= 15 is 0 Å². The van der Waals surface area contributed by atoms with Gasteiger partial charge in [-0.2, -0.15) is 14.5 Å². The summed E-state index contributed by atoms with van der Waals surface area (Å²) in [5.41, 5.74) is 13.6. The molecule has 1 aliphatic rings. The van der Waals surface area contributed by atoms with Gasteiger partial charge in [-0.25, -0.2) is 13.1 Å². The number of sulfonamides is 1. The molecule has 2 heterocycles. The predicted molar refractivity (Wildman–Crippen MR) is 122 cm³/mol. The first-order valence-corrected chi connectivity index (χ1v) is 11.3. The molecular formula is C21H23N7O3S. The highest BCUT2D eigenvalue weighted by molar-refractivity contribution is 7.89. The van der Waals surface area contributed by atoms with Gasteiger partial charge in [-0.3, -0.25) is 0 Å². The van der Waals surface area contributed by atoms with E-state index in [1.165, 1.54) is 10.5 Å². The zero-order valence-electron chi connectivity index (χ0n) is 17.2. The van der Waals surface area contributed by atoms with Crippen LogP contribution in [-0.2, 0) is 14.8 Å². The van der Waals surface area contributed by atoms with Crippen LogP contribution in [-0.4, -0.2) is 61.0 Å². The van der Waals surface area contributed by atoms with Gasteiger partial charge in [-0.15, -0.1) is 5.10 Å². The van der Waals surface area contributed by atoms with Gasteiger partial charge >= 0.3 is 0 Å². The lowest BCUT2D eigenvalue weighted by Crippen LogP contribution is -2.40. The molecule has 0 atom stereocenters. The second kappa shape index (κ2) is 9.30. The third kappa shape index (κ3) is 4.69. The second-order valence-electron chi connectivity index (χ2n) is 7.02. The van der Waals surface area contributed by atoms with Crippen LogP contribution in [0.5, 0.6) is 0 Å². The lowest BCUT2D eigenvalue weighted by molar-refractivity contribution is 0.0730. The van der Waals surface area contributed by atoms with Gasteiger partial charge in [0.05, 0.1) is 30.0 Å². The second-order valence-corrected chi connectivity index (χ2v) is 8.96. The number of ether oxygens (including phenoxy) is 1. The van der Waals surface area contributed by atoms with E-state index < -0.39 is 10.0 Å². The number of benzene rings is 2. The van der Waals surface area contributed by atoms with Crippen molar-refractivity contribution in [1.82, 2.24) is 14.1 Å². The molecule has 0 amide bonds. The molecule has 0 saturated carbocycles. The van der Waals surface area contributed by atoms with E-state index in [4.69, 9.17) is 16.2 Å². The maximum Gasteiger partial charge on any atom is 0.243 e. The van der Waals surface area contributed by atoms with Crippen LogP contribution in [0.25, 0.3) is 16.9 Å². The van der Waals surface area contributed by atoms with Crippen molar-refractivity contribution in [3.63, 3.8) is 0 Å². The topological polar surface area (TPSA) is 141 Å². The molecule has 0 spiro atoms. The van der Waals surface area contributed by atoms with Gasteiger partial charge in [0.1, 0.15) is 5.69 Å². The monoisotopic (exact) mass is 453 g/mol. The molecule has 32 heavy (non-hydrogen) atoms. The lowest BCUT2D eigenvalue weighted by atomic mass is 10.1. The fourth-order valence-corrected chi connectivity index (χ4v) is 4.71. The Morgan fingerprint density at radius 2 is 1.72 bits per heavy atom. The van der Waals surface area contributed by atoms with Gasteiger partial charge in [0.25, 0.3) is 0 Å². The van der Waals surface area contributed by atoms with Crippen molar-refractivity contribution in [3.8, 4) is 16.9 Å². The molecule has 4 rings (SSSR count). The summed E-state index contributed by atoms with van der Waals surface area (Å²) in [5, 5.41) is 12.2. The standard InChI is InChI=1S/C21H23N7O3S/c22-21(23)25-24-14-17-15-28(18-4-2-1-3-5-18)26-20(17)16-6-8-19(9-7-16)32(29,30)27-10-12-31-13-11-27/h1-9,14-15H,10-13H2,(H4,22,23,25)/b24-14+. The zero-order valence-corrected chi connectivity index (χ0v) is 18.0. The largest absolute Gasteiger partial charge is 0.379 e. The van der Waals surface area contributed by atoms with E-state index in [1.807, 2.05) is 30.3 Å². The highest BCUT2D eigenvalue weighted by Gasteiger charge is 2.26. The number of morpholine rings is 1. The maximum absolute atomic E-state index is 12.9. The molecule has 0 bridgehead atoms. The fraction of sp³-hybridized carbons (Fsp3) is 0.190. The number of rotatable bonds is 6. The van der Waals surface area contributed by atoms with E-state index in [9.17, 15) is 8.42 Å². The van der Waals surface area contributed by atoms with Crippen molar-refractivity contribution in [2.45, 2.75) is 4.90 Å². The first-order valence-electron chi connectivity index (χ1n) is 9.90. The highest BCUT2D eigenvalue weighted by atomic mass is 32.2. The van der Waals surface area contributed by atoms with Crippen LogP contribution in [0, 0.1) is 0 Å². The summed E-state index contributed by atoms with van der Waals surface area (Å²) in [4.78, 5) is 0.223. The van der Waals surface area contributed by atoms with Crippen molar-refractivity contribution in [2.75, 3.05) is 26.3 Å². The van der Waals surface area contributed by atoms with E-state index in [0.717, 1.165) is 11.3 Å². The number of hydrogen-bond donors (Lipinski definition) is 2. The van der Waals surface area contributed by atoms with Gasteiger partial charge in [-0.05, 0) is 24.3 Å². The first kappa shape index (κ1) is 21.7. The molecule has 2 aromatic carbocycles. The van der Waals surface area contributed by atoms with Crippen LogP contribution >= 0.6 is 0 Å². The number of nitrogens with two attached hydrogens (primary N) is 2. The quantitative estimate of drug-likeness (QED) is 0.326. The van der Waals surface area contributed by atoms with Gasteiger partial charge in [0.15, 0.2) is 0 Å². The molecule has 1 saturated heterocycles. The van der Waals surface area contributed by atoms with Gasteiger partial charge in [0.2, 0.25) is 16.0 Å². The van der Waals surface area contributed by atoms with E-state index in [1.54, 1.807) is 35.1 Å². The van der Waals surface area contributed by atoms with E-state index in [-0.39, 0.29) is 10.9 Å². The third-order valence-corrected chi connectivity index (χ3v) is 6.78. The Labute approximate surface area is 185 Å². The predicted octanol–water partition coefficient (Wildman–Crippen LogP) is 1.17. The van der Waals surface area contributed by atoms with Crippen LogP contribution in [0.1, 0.15) is 5.56 Å². The molecule has 0 unspecified atom stereocenters. The first-order chi connectivity index (χ1) is 15.4. The third-order valence-electron chi connectivity index (χ3n) is 4.87. The Morgan fingerprint density at radius 3 is 2.38 bits per heavy atom. The zero-order chi connectivity index (χ0) is 22.6. The Hall–Kier alpha value is -3.54. The summed E-state index contributed by atoms with van der Waals surface area (Å²) in [7, 11) is -3.58. The van der Waals surface area contributed by atoms with Crippen molar-refractivity contribution in [1.29, 1.82) is 0 Å². The molecule has 11 heteroatoms. The number of nitrogens with zero attached hydrogens (tertiary/aromatic N) is 5. The van der Waals surface area contributed by atoms with E-state index in [2.05, 4.69) is 15.3 Å². The average Bonchev–Trinajstić information content (AvgIpc) is 3.24. The average molecular weight is 454 g/mol. The lowest BCUT2D eigenvalue weighted by Gasteiger charge is -2.26. The minimum absolute atomic E-state index is 0.157. The van der Waals surface area contributed by atoms with Crippen LogP contribution < -0.4 is 11.5 Å². The molecule has 4 N–H and O–H groups in total. The number of para-hydroxylation sites is 1. The molecular weight excluding hydrogens is 430 g/mol. The molecule has 0 aliphatic carbocycles. The Balaban J connectivity index is 1.69.